The Balaban J connectivity index is 3.32. The molecule has 1 atom stereocenters. The molecule has 0 bridgehead atoms. The van der Waals surface area contributed by atoms with Crippen LogP contribution in [-0.2, 0) is 0 Å². The third-order valence-corrected chi connectivity index (χ3v) is 1.68. The van der Waals surface area contributed by atoms with Gasteiger partial charge in [0.25, 0.3) is 0 Å². The van der Waals surface area contributed by atoms with Crippen molar-refractivity contribution >= 4 is 0 Å². The van der Waals surface area contributed by atoms with Crippen LogP contribution >= 0.6 is 0 Å². The smallest absolute Gasteiger partial charge is 0.0101 e. The first-order chi connectivity index (χ1) is 4.85. The largest absolute Gasteiger partial charge is 0.317 e. The highest BCUT2D eigenvalue weighted by Crippen LogP contribution is 2.02. The van der Waals surface area contributed by atoms with Crippen LogP contribution < -0.4 is 5.32 Å². The minimum Gasteiger partial charge on any atom is -0.317 e. The van der Waals surface area contributed by atoms with Crippen LogP contribution in [0.15, 0.2) is 0 Å². The standard InChI is InChI=1S/C9H17N/c1-4-6-8-9(10-3)7-5-2/h1,9-10H,5-8H2,2-3H3. The van der Waals surface area contributed by atoms with Gasteiger partial charge in [-0.25, -0.2) is 0 Å². The van der Waals surface area contributed by atoms with Crippen molar-refractivity contribution in [1.82, 2.24) is 5.32 Å². The van der Waals surface area contributed by atoms with E-state index in [4.69, 9.17) is 6.42 Å². The van der Waals surface area contributed by atoms with Gasteiger partial charge in [0.05, 0.1) is 0 Å². The molecule has 0 fully saturated rings. The molecule has 10 heavy (non-hydrogen) atoms. The second kappa shape index (κ2) is 6.64. The lowest BCUT2D eigenvalue weighted by atomic mass is 10.1. The predicted octanol–water partition coefficient (Wildman–Crippen LogP) is 1.79. The zero-order valence-electron chi connectivity index (χ0n) is 6.98. The summed E-state index contributed by atoms with van der Waals surface area (Å²) in [4.78, 5) is 0. The van der Waals surface area contributed by atoms with Crippen molar-refractivity contribution in [2.24, 2.45) is 0 Å². The van der Waals surface area contributed by atoms with Gasteiger partial charge in [-0.1, -0.05) is 13.3 Å². The Labute approximate surface area is 64.2 Å². The van der Waals surface area contributed by atoms with E-state index in [2.05, 4.69) is 18.2 Å². The van der Waals surface area contributed by atoms with Crippen LogP contribution in [0.4, 0.5) is 0 Å². The summed E-state index contributed by atoms with van der Waals surface area (Å²) in [6, 6.07) is 0.626. The zero-order valence-corrected chi connectivity index (χ0v) is 6.98. The molecule has 0 aromatic rings. The molecule has 1 heteroatoms. The van der Waals surface area contributed by atoms with Crippen molar-refractivity contribution in [2.75, 3.05) is 7.05 Å². The number of hydrogen-bond donors (Lipinski definition) is 1. The summed E-state index contributed by atoms with van der Waals surface area (Å²) in [5.74, 6) is 2.65. The van der Waals surface area contributed by atoms with Crippen LogP contribution in [0.25, 0.3) is 0 Å². The summed E-state index contributed by atoms with van der Waals surface area (Å²) in [5, 5.41) is 3.24. The molecule has 0 saturated heterocycles. The Morgan fingerprint density at radius 2 is 2.20 bits per heavy atom. The first-order valence-electron chi connectivity index (χ1n) is 3.95. The fraction of sp³-hybridized carbons (Fsp3) is 0.778. The van der Waals surface area contributed by atoms with Crippen LogP contribution in [0.3, 0.4) is 0 Å². The highest BCUT2D eigenvalue weighted by atomic mass is 14.9. The highest BCUT2D eigenvalue weighted by Gasteiger charge is 2.01. The number of nitrogens with one attached hydrogen (secondary N) is 1. The molecule has 0 aliphatic heterocycles. The molecule has 0 heterocycles. The summed E-state index contributed by atoms with van der Waals surface area (Å²) in [6.45, 7) is 2.19. The number of terminal acetylenes is 1. The zero-order chi connectivity index (χ0) is 7.82. The molecule has 0 aliphatic rings. The van der Waals surface area contributed by atoms with Gasteiger partial charge in [-0.05, 0) is 19.9 Å². The Morgan fingerprint density at radius 1 is 1.50 bits per heavy atom. The fourth-order valence-electron chi connectivity index (χ4n) is 1.04. The van der Waals surface area contributed by atoms with Crippen LogP contribution in [0.2, 0.25) is 0 Å². The van der Waals surface area contributed by atoms with Gasteiger partial charge < -0.3 is 5.32 Å². The molecule has 0 aromatic carbocycles. The van der Waals surface area contributed by atoms with E-state index in [1.807, 2.05) is 7.05 Å². The maximum atomic E-state index is 5.15. The molecule has 0 spiro atoms. The lowest BCUT2D eigenvalue weighted by Crippen LogP contribution is -2.24. The first kappa shape index (κ1) is 9.52. The van der Waals surface area contributed by atoms with E-state index >= 15 is 0 Å². The van der Waals surface area contributed by atoms with E-state index in [0.29, 0.717) is 6.04 Å². The van der Waals surface area contributed by atoms with E-state index in [1.165, 1.54) is 12.8 Å². The minimum atomic E-state index is 0.626. The summed E-state index contributed by atoms with van der Waals surface area (Å²) >= 11 is 0. The van der Waals surface area contributed by atoms with Gasteiger partial charge in [0.15, 0.2) is 0 Å². The normalized spacial score (nSPS) is 12.5. The van der Waals surface area contributed by atoms with Gasteiger partial charge >= 0.3 is 0 Å². The third kappa shape index (κ3) is 4.40. The average Bonchev–Trinajstić information content (AvgIpc) is 1.98. The van der Waals surface area contributed by atoms with E-state index in [0.717, 1.165) is 12.8 Å². The second-order valence-electron chi connectivity index (χ2n) is 2.52. The van der Waals surface area contributed by atoms with Crippen molar-refractivity contribution < 1.29 is 0 Å². The number of rotatable bonds is 5. The van der Waals surface area contributed by atoms with Gasteiger partial charge in [-0.15, -0.1) is 12.3 Å². The van der Waals surface area contributed by atoms with Crippen LogP contribution in [0.1, 0.15) is 32.6 Å². The van der Waals surface area contributed by atoms with Crippen molar-refractivity contribution in [1.29, 1.82) is 0 Å². The SMILES string of the molecule is C#CCCC(CCC)NC. The van der Waals surface area contributed by atoms with Crippen molar-refractivity contribution in [3.05, 3.63) is 0 Å². The molecule has 0 rings (SSSR count). The van der Waals surface area contributed by atoms with Crippen molar-refractivity contribution in [3.8, 4) is 12.3 Å². The summed E-state index contributed by atoms with van der Waals surface area (Å²) < 4.78 is 0. The lowest BCUT2D eigenvalue weighted by molar-refractivity contribution is 0.490. The third-order valence-electron chi connectivity index (χ3n) is 1.68. The van der Waals surface area contributed by atoms with Crippen LogP contribution in [-0.4, -0.2) is 13.1 Å². The Hall–Kier alpha value is -0.480. The molecule has 1 N–H and O–H groups in total. The van der Waals surface area contributed by atoms with Crippen molar-refractivity contribution in [2.45, 2.75) is 38.6 Å². The van der Waals surface area contributed by atoms with E-state index in [9.17, 15) is 0 Å². The molecular formula is C9H17N. The van der Waals surface area contributed by atoms with Crippen molar-refractivity contribution in [3.63, 3.8) is 0 Å². The van der Waals surface area contributed by atoms with Gasteiger partial charge in [-0.3, -0.25) is 0 Å². The molecule has 1 nitrogen and oxygen atoms in total. The maximum Gasteiger partial charge on any atom is 0.0101 e. The molecule has 1 unspecified atom stereocenters. The van der Waals surface area contributed by atoms with E-state index in [-0.39, 0.29) is 0 Å². The van der Waals surface area contributed by atoms with E-state index < -0.39 is 0 Å². The summed E-state index contributed by atoms with van der Waals surface area (Å²) in [6.07, 6.45) is 9.62. The fourth-order valence-corrected chi connectivity index (χ4v) is 1.04. The maximum absolute atomic E-state index is 5.15. The topological polar surface area (TPSA) is 12.0 Å². The summed E-state index contributed by atoms with van der Waals surface area (Å²) in [5.41, 5.74) is 0. The van der Waals surface area contributed by atoms with E-state index in [1.54, 1.807) is 0 Å². The van der Waals surface area contributed by atoms with Gasteiger partial charge in [0.2, 0.25) is 0 Å². The first-order valence-corrected chi connectivity index (χ1v) is 3.95. The molecule has 0 aromatic heterocycles. The Kier molecular flexibility index (Phi) is 6.32. The molecular weight excluding hydrogens is 122 g/mol. The second-order valence-corrected chi connectivity index (χ2v) is 2.52. The Bertz CT molecular complexity index is 102. The molecule has 0 saturated carbocycles. The number of hydrogen-bond acceptors (Lipinski definition) is 1. The Morgan fingerprint density at radius 3 is 2.60 bits per heavy atom. The molecule has 0 aliphatic carbocycles. The van der Waals surface area contributed by atoms with Crippen LogP contribution in [0, 0.1) is 12.3 Å². The van der Waals surface area contributed by atoms with Crippen LogP contribution in [0.5, 0.6) is 0 Å². The molecule has 0 amide bonds. The van der Waals surface area contributed by atoms with Gasteiger partial charge in [-0.2, -0.15) is 0 Å². The monoisotopic (exact) mass is 139 g/mol. The predicted molar refractivity (Wildman–Crippen MR) is 45.8 cm³/mol. The molecule has 0 radical (unpaired) electrons. The minimum absolute atomic E-state index is 0.626. The summed E-state index contributed by atoms with van der Waals surface area (Å²) in [7, 11) is 2.00. The average molecular weight is 139 g/mol. The lowest BCUT2D eigenvalue weighted by Gasteiger charge is -2.12. The highest BCUT2D eigenvalue weighted by molar-refractivity contribution is 4.85. The quantitative estimate of drug-likeness (QED) is 0.573. The van der Waals surface area contributed by atoms with Gasteiger partial charge in [0.1, 0.15) is 0 Å². The van der Waals surface area contributed by atoms with Gasteiger partial charge in [0, 0.05) is 12.5 Å². The molecule has 58 valence electrons.